The van der Waals surface area contributed by atoms with Crippen molar-refractivity contribution in [2.45, 2.75) is 36.9 Å². The Hall–Kier alpha value is -0.160. The molecular formula is C10H16O4. The summed E-state index contributed by atoms with van der Waals surface area (Å²) in [5.41, 5.74) is -0.132. The van der Waals surface area contributed by atoms with E-state index in [1.807, 2.05) is 0 Å². The smallest absolute Gasteiger partial charge is 0.179 e. The van der Waals surface area contributed by atoms with E-state index in [0.717, 1.165) is 6.42 Å². The summed E-state index contributed by atoms with van der Waals surface area (Å²) in [6, 6.07) is 0. The molecule has 0 aromatic heterocycles. The summed E-state index contributed by atoms with van der Waals surface area (Å²) in [4.78, 5) is 0. The molecule has 1 aliphatic carbocycles. The number of rotatable bonds is 3. The van der Waals surface area contributed by atoms with E-state index in [-0.39, 0.29) is 23.6 Å². The molecule has 0 amide bonds. The molecule has 0 aromatic rings. The molecule has 0 bridgehead atoms. The minimum absolute atomic E-state index is 0.132. The number of hydrogen-bond acceptors (Lipinski definition) is 4. The third-order valence-corrected chi connectivity index (χ3v) is 3.87. The maximum atomic E-state index is 5.94. The highest BCUT2D eigenvalue weighted by Crippen LogP contribution is 2.67. The van der Waals surface area contributed by atoms with Crippen LogP contribution in [0.3, 0.4) is 0 Å². The van der Waals surface area contributed by atoms with Crippen LogP contribution in [-0.2, 0) is 18.9 Å². The van der Waals surface area contributed by atoms with Crippen LogP contribution in [0.5, 0.6) is 0 Å². The van der Waals surface area contributed by atoms with Crippen LogP contribution in [0.15, 0.2) is 0 Å². The fraction of sp³-hybridized carbons (Fsp3) is 1.00. The molecular weight excluding hydrogens is 184 g/mol. The van der Waals surface area contributed by atoms with Crippen LogP contribution in [0.25, 0.3) is 0 Å². The van der Waals surface area contributed by atoms with Crippen molar-refractivity contribution in [3.63, 3.8) is 0 Å². The second-order valence-corrected chi connectivity index (χ2v) is 4.57. The van der Waals surface area contributed by atoms with E-state index in [1.54, 1.807) is 14.2 Å². The lowest BCUT2D eigenvalue weighted by Gasteiger charge is -2.64. The third kappa shape index (κ3) is 0.758. The Morgan fingerprint density at radius 3 is 2.79 bits per heavy atom. The summed E-state index contributed by atoms with van der Waals surface area (Å²) >= 11 is 0. The van der Waals surface area contributed by atoms with Crippen LogP contribution in [0.2, 0.25) is 0 Å². The molecule has 0 aromatic carbocycles. The molecule has 3 unspecified atom stereocenters. The van der Waals surface area contributed by atoms with Gasteiger partial charge in [-0.3, -0.25) is 0 Å². The van der Waals surface area contributed by atoms with Gasteiger partial charge in [0.15, 0.2) is 5.79 Å². The predicted molar refractivity (Wildman–Crippen MR) is 47.9 cm³/mol. The SMILES string of the molecule is COC[C@@]12CC3(OC)OC(C(C)O1)[C@@H]32. The van der Waals surface area contributed by atoms with Gasteiger partial charge in [0.25, 0.3) is 0 Å². The summed E-state index contributed by atoms with van der Waals surface area (Å²) in [5.74, 6) is 0.0171. The van der Waals surface area contributed by atoms with Gasteiger partial charge in [-0.1, -0.05) is 0 Å². The highest BCUT2D eigenvalue weighted by molar-refractivity contribution is 5.23. The summed E-state index contributed by atoms with van der Waals surface area (Å²) in [6.45, 7) is 2.70. The standard InChI is InChI=1S/C10H16O4/c1-6-7-8-9(13-6,5-11-2)4-10(8,12-3)14-7/h6-8H,4-5H2,1-3H3/t6?,7?,8-,9-,10?/m1/s1. The molecule has 3 aliphatic rings. The van der Waals surface area contributed by atoms with Gasteiger partial charge in [0.05, 0.1) is 24.7 Å². The lowest BCUT2D eigenvalue weighted by molar-refractivity contribution is -0.441. The molecule has 14 heavy (non-hydrogen) atoms. The Labute approximate surface area is 83.5 Å². The molecule has 0 N–H and O–H groups in total. The summed E-state index contributed by atoms with van der Waals surface area (Å²) < 4.78 is 22.3. The van der Waals surface area contributed by atoms with Crippen molar-refractivity contribution in [3.8, 4) is 0 Å². The van der Waals surface area contributed by atoms with E-state index in [9.17, 15) is 0 Å². The molecule has 3 fully saturated rings. The molecule has 2 heterocycles. The van der Waals surface area contributed by atoms with Gasteiger partial charge in [-0.2, -0.15) is 0 Å². The van der Waals surface area contributed by atoms with Crippen LogP contribution in [-0.4, -0.2) is 44.4 Å². The molecule has 3 rings (SSSR count). The monoisotopic (exact) mass is 200 g/mol. The van der Waals surface area contributed by atoms with Crippen LogP contribution in [0, 0.1) is 5.92 Å². The maximum Gasteiger partial charge on any atom is 0.179 e. The first-order valence-electron chi connectivity index (χ1n) is 5.07. The van der Waals surface area contributed by atoms with Crippen molar-refractivity contribution < 1.29 is 18.9 Å². The van der Waals surface area contributed by atoms with Crippen molar-refractivity contribution in [2.75, 3.05) is 20.8 Å². The first-order valence-corrected chi connectivity index (χ1v) is 5.07. The molecule has 4 nitrogen and oxygen atoms in total. The molecule has 2 saturated heterocycles. The first kappa shape index (κ1) is 9.09. The van der Waals surface area contributed by atoms with Gasteiger partial charge in [0, 0.05) is 20.6 Å². The van der Waals surface area contributed by atoms with Gasteiger partial charge in [0.2, 0.25) is 0 Å². The lowest BCUT2D eigenvalue weighted by atomic mass is 9.59. The molecule has 0 spiro atoms. The fourth-order valence-corrected chi connectivity index (χ4v) is 3.38. The van der Waals surface area contributed by atoms with Crippen molar-refractivity contribution in [3.05, 3.63) is 0 Å². The van der Waals surface area contributed by atoms with Crippen LogP contribution >= 0.6 is 0 Å². The highest BCUT2D eigenvalue weighted by atomic mass is 16.8. The largest absolute Gasteiger partial charge is 0.382 e. The summed E-state index contributed by atoms with van der Waals surface area (Å²) in [7, 11) is 3.42. The normalized spacial score (nSPS) is 58.9. The van der Waals surface area contributed by atoms with Crippen molar-refractivity contribution >= 4 is 0 Å². The number of methoxy groups -OCH3 is 2. The van der Waals surface area contributed by atoms with Gasteiger partial charge >= 0.3 is 0 Å². The van der Waals surface area contributed by atoms with Crippen molar-refractivity contribution in [1.82, 2.24) is 0 Å². The van der Waals surface area contributed by atoms with E-state index >= 15 is 0 Å². The molecule has 80 valence electrons. The Kier molecular flexibility index (Phi) is 1.62. The third-order valence-electron chi connectivity index (χ3n) is 3.87. The lowest BCUT2D eigenvalue weighted by Crippen LogP contribution is -2.78. The van der Waals surface area contributed by atoms with E-state index in [4.69, 9.17) is 18.9 Å². The zero-order valence-electron chi connectivity index (χ0n) is 8.78. The zero-order valence-corrected chi connectivity index (χ0v) is 8.78. The van der Waals surface area contributed by atoms with Gasteiger partial charge < -0.3 is 18.9 Å². The molecule has 4 heteroatoms. The van der Waals surface area contributed by atoms with Gasteiger partial charge in [0.1, 0.15) is 5.60 Å². The Balaban J connectivity index is 1.85. The second-order valence-electron chi connectivity index (χ2n) is 4.57. The average Bonchev–Trinajstić information content (AvgIpc) is 2.23. The van der Waals surface area contributed by atoms with E-state index in [2.05, 4.69) is 6.92 Å². The minimum Gasteiger partial charge on any atom is -0.382 e. The van der Waals surface area contributed by atoms with Gasteiger partial charge in [-0.25, -0.2) is 0 Å². The maximum absolute atomic E-state index is 5.94. The molecule has 5 atom stereocenters. The van der Waals surface area contributed by atoms with Crippen molar-refractivity contribution in [2.24, 2.45) is 5.92 Å². The number of ether oxygens (including phenoxy) is 4. The van der Waals surface area contributed by atoms with E-state index in [1.165, 1.54) is 0 Å². The summed E-state index contributed by atoms with van der Waals surface area (Å²) in [5, 5.41) is 0. The van der Waals surface area contributed by atoms with Crippen molar-refractivity contribution in [1.29, 1.82) is 0 Å². The predicted octanol–water partition coefficient (Wildman–Crippen LogP) is 0.552. The van der Waals surface area contributed by atoms with Crippen LogP contribution in [0.1, 0.15) is 13.3 Å². The Morgan fingerprint density at radius 1 is 1.36 bits per heavy atom. The van der Waals surface area contributed by atoms with Gasteiger partial charge in [-0.15, -0.1) is 0 Å². The topological polar surface area (TPSA) is 36.9 Å². The minimum atomic E-state index is -0.353. The van der Waals surface area contributed by atoms with E-state index < -0.39 is 0 Å². The van der Waals surface area contributed by atoms with Crippen LogP contribution < -0.4 is 0 Å². The summed E-state index contributed by atoms with van der Waals surface area (Å²) in [6.07, 6.45) is 1.18. The highest BCUT2D eigenvalue weighted by Gasteiger charge is 2.81. The molecule has 0 radical (unpaired) electrons. The van der Waals surface area contributed by atoms with Crippen LogP contribution in [0.4, 0.5) is 0 Å². The van der Waals surface area contributed by atoms with E-state index in [0.29, 0.717) is 12.5 Å². The Bertz CT molecular complexity index is 269. The quantitative estimate of drug-likeness (QED) is 0.666. The average molecular weight is 200 g/mol. The van der Waals surface area contributed by atoms with Gasteiger partial charge in [-0.05, 0) is 6.92 Å². The molecule has 2 aliphatic heterocycles. The molecule has 1 saturated carbocycles. The first-order chi connectivity index (χ1) is 6.67. The number of hydrogen-bond donors (Lipinski definition) is 0. The second kappa shape index (κ2) is 2.50. The fourth-order valence-electron chi connectivity index (χ4n) is 3.38. The zero-order chi connectivity index (χ0) is 9.97. The Morgan fingerprint density at radius 2 is 2.14 bits per heavy atom.